The van der Waals surface area contributed by atoms with Crippen LogP contribution in [0.3, 0.4) is 0 Å². The number of hydrogen-bond donors (Lipinski definition) is 0. The van der Waals surface area contributed by atoms with Crippen molar-refractivity contribution in [2.24, 2.45) is 0 Å². The Bertz CT molecular complexity index is 1200. The molecule has 0 spiro atoms. The summed E-state index contributed by atoms with van der Waals surface area (Å²) in [6.45, 7) is 5.59. The number of aromatic nitrogens is 2. The predicted molar refractivity (Wildman–Crippen MR) is 119 cm³/mol. The van der Waals surface area contributed by atoms with Crippen LogP contribution in [0, 0.1) is 13.8 Å². The third-order valence-corrected chi connectivity index (χ3v) is 6.28. The topological polar surface area (TPSA) is 59.2 Å². The minimum absolute atomic E-state index is 0.0682. The standard InChI is InChI=1S/C21H18ClN3O2S2/c1-12-4-6-18(13(2)8-12)25(14(3)26)20-23-16(10-28-20)11-29-21-24-17-9-15(22)5-7-19(17)27-21/h4-10H,11H2,1-3H3. The number of amides is 1. The third kappa shape index (κ3) is 4.32. The van der Waals surface area contributed by atoms with Crippen molar-refractivity contribution in [3.63, 3.8) is 0 Å². The Kier molecular flexibility index (Phi) is 5.63. The highest BCUT2D eigenvalue weighted by molar-refractivity contribution is 7.98. The lowest BCUT2D eigenvalue weighted by atomic mass is 10.1. The van der Waals surface area contributed by atoms with Gasteiger partial charge in [-0.15, -0.1) is 11.3 Å². The Labute approximate surface area is 181 Å². The summed E-state index contributed by atoms with van der Waals surface area (Å²) in [6, 6.07) is 11.4. The highest BCUT2D eigenvalue weighted by Crippen LogP contribution is 2.34. The normalized spacial score (nSPS) is 11.2. The molecule has 0 bridgehead atoms. The van der Waals surface area contributed by atoms with Crippen LogP contribution in [-0.4, -0.2) is 15.9 Å². The molecule has 0 aliphatic carbocycles. The van der Waals surface area contributed by atoms with Crippen LogP contribution in [-0.2, 0) is 10.5 Å². The van der Waals surface area contributed by atoms with E-state index in [1.807, 2.05) is 37.4 Å². The van der Waals surface area contributed by atoms with Gasteiger partial charge in [0.2, 0.25) is 5.91 Å². The molecule has 4 aromatic rings. The minimum atomic E-state index is -0.0682. The van der Waals surface area contributed by atoms with Crippen molar-refractivity contribution >= 4 is 62.5 Å². The van der Waals surface area contributed by atoms with Crippen LogP contribution in [0.4, 0.5) is 10.8 Å². The number of halogens is 1. The van der Waals surface area contributed by atoms with Gasteiger partial charge in [0.1, 0.15) is 5.52 Å². The molecule has 2 heterocycles. The monoisotopic (exact) mass is 443 g/mol. The molecule has 0 fully saturated rings. The summed E-state index contributed by atoms with van der Waals surface area (Å²) in [5.74, 6) is 0.525. The van der Waals surface area contributed by atoms with Gasteiger partial charge in [0.15, 0.2) is 10.7 Å². The second-order valence-corrected chi connectivity index (χ2v) is 8.85. The molecule has 0 aliphatic heterocycles. The zero-order chi connectivity index (χ0) is 20.5. The second-order valence-electron chi connectivity index (χ2n) is 6.65. The van der Waals surface area contributed by atoms with Crippen molar-refractivity contribution < 1.29 is 9.21 Å². The number of rotatable bonds is 5. The van der Waals surface area contributed by atoms with Crippen LogP contribution >= 0.6 is 34.7 Å². The number of carbonyl (C=O) groups is 1. The average Bonchev–Trinajstić information content (AvgIpc) is 3.28. The van der Waals surface area contributed by atoms with Gasteiger partial charge < -0.3 is 4.42 Å². The molecule has 0 unspecified atom stereocenters. The van der Waals surface area contributed by atoms with E-state index in [4.69, 9.17) is 16.0 Å². The van der Waals surface area contributed by atoms with E-state index in [1.165, 1.54) is 23.1 Å². The summed E-state index contributed by atoms with van der Waals surface area (Å²) < 4.78 is 5.74. The molecule has 8 heteroatoms. The number of benzene rings is 2. The number of oxazole rings is 1. The molecule has 1 amide bonds. The molecule has 0 N–H and O–H groups in total. The maximum Gasteiger partial charge on any atom is 0.257 e. The molecule has 0 atom stereocenters. The van der Waals surface area contributed by atoms with Crippen LogP contribution in [0.1, 0.15) is 23.7 Å². The number of anilines is 2. The average molecular weight is 444 g/mol. The lowest BCUT2D eigenvalue weighted by Crippen LogP contribution is -2.23. The van der Waals surface area contributed by atoms with Gasteiger partial charge in [-0.1, -0.05) is 41.1 Å². The summed E-state index contributed by atoms with van der Waals surface area (Å²) in [5.41, 5.74) is 5.35. The van der Waals surface area contributed by atoms with Crippen molar-refractivity contribution in [1.29, 1.82) is 0 Å². The molecule has 0 saturated heterocycles. The first kappa shape index (κ1) is 19.9. The predicted octanol–water partition coefficient (Wildman–Crippen LogP) is 6.53. The summed E-state index contributed by atoms with van der Waals surface area (Å²) >= 11 is 8.91. The van der Waals surface area contributed by atoms with E-state index in [9.17, 15) is 4.79 Å². The van der Waals surface area contributed by atoms with E-state index in [0.717, 1.165) is 28.0 Å². The number of nitrogens with zero attached hydrogens (tertiary/aromatic N) is 3. The highest BCUT2D eigenvalue weighted by atomic mass is 35.5. The summed E-state index contributed by atoms with van der Waals surface area (Å²) in [5, 5.41) is 3.81. The van der Waals surface area contributed by atoms with E-state index in [-0.39, 0.29) is 5.91 Å². The van der Waals surface area contributed by atoms with Gasteiger partial charge >= 0.3 is 0 Å². The number of carbonyl (C=O) groups excluding carboxylic acids is 1. The van der Waals surface area contributed by atoms with E-state index in [2.05, 4.69) is 16.0 Å². The zero-order valence-corrected chi connectivity index (χ0v) is 18.5. The first-order chi connectivity index (χ1) is 13.9. The Hall–Kier alpha value is -2.35. The van der Waals surface area contributed by atoms with Gasteiger partial charge in [-0.2, -0.15) is 0 Å². The summed E-state index contributed by atoms with van der Waals surface area (Å²) in [4.78, 5) is 23.1. The molecule has 5 nitrogen and oxygen atoms in total. The molecule has 2 aromatic carbocycles. The molecule has 29 heavy (non-hydrogen) atoms. The Balaban J connectivity index is 1.53. The Morgan fingerprint density at radius 1 is 1.21 bits per heavy atom. The lowest BCUT2D eigenvalue weighted by molar-refractivity contribution is -0.115. The van der Waals surface area contributed by atoms with Crippen molar-refractivity contribution in [2.45, 2.75) is 31.7 Å². The molecule has 0 aliphatic rings. The largest absolute Gasteiger partial charge is 0.431 e. The van der Waals surface area contributed by atoms with Crippen LogP contribution < -0.4 is 4.90 Å². The van der Waals surface area contributed by atoms with Crippen LogP contribution in [0.15, 0.2) is 51.4 Å². The van der Waals surface area contributed by atoms with Crippen molar-refractivity contribution in [2.75, 3.05) is 4.90 Å². The zero-order valence-electron chi connectivity index (χ0n) is 16.1. The van der Waals surface area contributed by atoms with Gasteiger partial charge in [0.05, 0.1) is 11.4 Å². The van der Waals surface area contributed by atoms with Gasteiger partial charge in [0, 0.05) is 23.1 Å². The highest BCUT2D eigenvalue weighted by Gasteiger charge is 2.20. The smallest absolute Gasteiger partial charge is 0.257 e. The van der Waals surface area contributed by atoms with E-state index in [1.54, 1.807) is 24.0 Å². The molecule has 2 aromatic heterocycles. The summed E-state index contributed by atoms with van der Waals surface area (Å²) in [6.07, 6.45) is 0. The van der Waals surface area contributed by atoms with E-state index < -0.39 is 0 Å². The van der Waals surface area contributed by atoms with Gasteiger partial charge in [-0.3, -0.25) is 9.69 Å². The molecule has 148 valence electrons. The van der Waals surface area contributed by atoms with Gasteiger partial charge in [-0.25, -0.2) is 9.97 Å². The first-order valence-electron chi connectivity index (χ1n) is 8.92. The molecular formula is C21H18ClN3O2S2. The SMILES string of the molecule is CC(=O)N(c1nc(CSc2nc3cc(Cl)ccc3o2)cs1)c1ccc(C)cc1C. The van der Waals surface area contributed by atoms with E-state index in [0.29, 0.717) is 26.7 Å². The van der Waals surface area contributed by atoms with Gasteiger partial charge in [-0.05, 0) is 43.7 Å². The summed E-state index contributed by atoms with van der Waals surface area (Å²) in [7, 11) is 0. The third-order valence-electron chi connectivity index (χ3n) is 4.31. The fraction of sp³-hybridized carbons (Fsp3) is 0.190. The number of aryl methyl sites for hydroxylation is 2. The number of hydrogen-bond acceptors (Lipinski definition) is 6. The van der Waals surface area contributed by atoms with Gasteiger partial charge in [0.25, 0.3) is 5.22 Å². The van der Waals surface area contributed by atoms with Crippen molar-refractivity contribution in [3.8, 4) is 0 Å². The maximum absolute atomic E-state index is 12.3. The quantitative estimate of drug-likeness (QED) is 0.328. The lowest BCUT2D eigenvalue weighted by Gasteiger charge is -2.20. The fourth-order valence-corrected chi connectivity index (χ4v) is 4.89. The maximum atomic E-state index is 12.3. The van der Waals surface area contributed by atoms with Crippen LogP contribution in [0.25, 0.3) is 11.1 Å². The Morgan fingerprint density at radius 2 is 2.03 bits per heavy atom. The van der Waals surface area contributed by atoms with Crippen LogP contribution in [0.5, 0.6) is 0 Å². The van der Waals surface area contributed by atoms with Crippen LogP contribution in [0.2, 0.25) is 5.02 Å². The number of fused-ring (bicyclic) bond motifs is 1. The molecular weight excluding hydrogens is 426 g/mol. The fourth-order valence-electron chi connectivity index (χ4n) is 3.01. The Morgan fingerprint density at radius 3 is 2.79 bits per heavy atom. The van der Waals surface area contributed by atoms with Crippen molar-refractivity contribution in [1.82, 2.24) is 9.97 Å². The van der Waals surface area contributed by atoms with E-state index >= 15 is 0 Å². The number of thioether (sulfide) groups is 1. The molecule has 0 saturated carbocycles. The molecule has 0 radical (unpaired) electrons. The number of thiazole rings is 1. The van der Waals surface area contributed by atoms with Crippen molar-refractivity contribution in [3.05, 3.63) is 63.6 Å². The minimum Gasteiger partial charge on any atom is -0.431 e. The second kappa shape index (κ2) is 8.18. The molecule has 4 rings (SSSR count). The first-order valence-corrected chi connectivity index (χ1v) is 11.2.